The van der Waals surface area contributed by atoms with E-state index >= 15 is 0 Å². The van der Waals surface area contributed by atoms with Crippen molar-refractivity contribution in [2.24, 2.45) is 11.8 Å². The third kappa shape index (κ3) is 1.35. The normalized spacial score (nSPS) is 37.5. The molecular formula is C9H12O2. The van der Waals surface area contributed by atoms with Crippen molar-refractivity contribution in [3.63, 3.8) is 0 Å². The van der Waals surface area contributed by atoms with Crippen molar-refractivity contribution in [2.75, 3.05) is 0 Å². The number of hydrogen-bond donors (Lipinski definition) is 0. The number of hydrogen-bond acceptors (Lipinski definition) is 2. The molecule has 0 N–H and O–H groups in total. The summed E-state index contributed by atoms with van der Waals surface area (Å²) in [4.78, 5) is 22.1. The number of rotatable bonds is 0. The van der Waals surface area contributed by atoms with Crippen LogP contribution in [0.2, 0.25) is 0 Å². The molecule has 0 aromatic heterocycles. The molecule has 0 aromatic carbocycles. The molecule has 3 saturated carbocycles. The first-order valence-corrected chi connectivity index (χ1v) is 4.27. The van der Waals surface area contributed by atoms with Gasteiger partial charge in [-0.3, -0.25) is 9.59 Å². The minimum absolute atomic E-state index is 0.165. The molecule has 0 saturated heterocycles. The molecule has 60 valence electrons. The summed E-state index contributed by atoms with van der Waals surface area (Å²) in [7, 11) is 0. The Kier molecular flexibility index (Phi) is 1.55. The molecule has 2 nitrogen and oxygen atoms in total. The van der Waals surface area contributed by atoms with Crippen LogP contribution in [0.25, 0.3) is 0 Å². The molecule has 3 rings (SSSR count). The average molecular weight is 152 g/mol. The van der Waals surface area contributed by atoms with Crippen molar-refractivity contribution in [3.8, 4) is 0 Å². The van der Waals surface area contributed by atoms with Gasteiger partial charge in [0.15, 0.2) is 0 Å². The Morgan fingerprint density at radius 3 is 1.82 bits per heavy atom. The smallest absolute Gasteiger partial charge is 0.140 e. The first-order chi connectivity index (χ1) is 5.24. The predicted molar refractivity (Wildman–Crippen MR) is 40.1 cm³/mol. The molecule has 0 atom stereocenters. The van der Waals surface area contributed by atoms with Crippen LogP contribution in [0.4, 0.5) is 0 Å². The molecule has 0 unspecified atom stereocenters. The van der Waals surface area contributed by atoms with Gasteiger partial charge in [-0.25, -0.2) is 0 Å². The quantitative estimate of drug-likeness (QED) is 0.491. The molecular weight excluding hydrogens is 140 g/mol. The zero-order valence-corrected chi connectivity index (χ0v) is 6.51. The van der Waals surface area contributed by atoms with Crippen LogP contribution in [0.5, 0.6) is 0 Å². The van der Waals surface area contributed by atoms with Crippen LogP contribution >= 0.6 is 0 Å². The summed E-state index contributed by atoms with van der Waals surface area (Å²) in [5.74, 6) is 1.58. The van der Waals surface area contributed by atoms with E-state index in [2.05, 4.69) is 0 Å². The highest BCUT2D eigenvalue weighted by atomic mass is 16.1. The maximum atomic E-state index is 11.1. The Hall–Kier alpha value is -0.660. The number of ketones is 2. The van der Waals surface area contributed by atoms with Crippen LogP contribution < -0.4 is 0 Å². The Morgan fingerprint density at radius 1 is 0.909 bits per heavy atom. The van der Waals surface area contributed by atoms with Gasteiger partial charge in [0, 0.05) is 12.8 Å². The Balaban J connectivity index is 2.04. The van der Waals surface area contributed by atoms with Crippen LogP contribution in [-0.4, -0.2) is 11.6 Å². The molecule has 11 heavy (non-hydrogen) atoms. The lowest BCUT2D eigenvalue weighted by Gasteiger charge is -2.36. The standard InChI is InChI=1S/C9H12O2/c10-8-3-6-1-7(2-6)4-9(11)5-8/h6-7H,1-5H2. The fourth-order valence-corrected chi connectivity index (χ4v) is 2.22. The van der Waals surface area contributed by atoms with Crippen molar-refractivity contribution in [2.45, 2.75) is 32.1 Å². The Morgan fingerprint density at radius 2 is 1.36 bits per heavy atom. The first-order valence-electron chi connectivity index (χ1n) is 4.27. The number of carbonyl (C=O) groups is 2. The van der Waals surface area contributed by atoms with Gasteiger partial charge in [-0.1, -0.05) is 0 Å². The third-order valence-corrected chi connectivity index (χ3v) is 2.76. The van der Waals surface area contributed by atoms with Crippen molar-refractivity contribution in [1.29, 1.82) is 0 Å². The topological polar surface area (TPSA) is 34.1 Å². The summed E-state index contributed by atoms with van der Waals surface area (Å²) in [6, 6.07) is 0. The fourth-order valence-electron chi connectivity index (χ4n) is 2.22. The number of Topliss-reactive ketones (excluding diaryl/α,β-unsaturated/α-hetero) is 2. The molecule has 3 aliphatic carbocycles. The monoisotopic (exact) mass is 152 g/mol. The minimum atomic E-state index is 0.165. The lowest BCUT2D eigenvalue weighted by Crippen LogP contribution is -2.31. The van der Waals surface area contributed by atoms with Crippen LogP contribution in [0.3, 0.4) is 0 Å². The molecule has 0 radical (unpaired) electrons. The first kappa shape index (κ1) is 7.01. The van der Waals surface area contributed by atoms with Gasteiger partial charge < -0.3 is 0 Å². The molecule has 0 heterocycles. The Labute approximate surface area is 66.0 Å². The zero-order valence-electron chi connectivity index (χ0n) is 6.51. The third-order valence-electron chi connectivity index (χ3n) is 2.76. The molecule has 3 fully saturated rings. The summed E-state index contributed by atoms with van der Waals surface area (Å²) in [6.45, 7) is 0. The predicted octanol–water partition coefficient (Wildman–Crippen LogP) is 1.33. The van der Waals surface area contributed by atoms with E-state index in [9.17, 15) is 9.59 Å². The summed E-state index contributed by atoms with van der Waals surface area (Å²) < 4.78 is 0. The van der Waals surface area contributed by atoms with E-state index < -0.39 is 0 Å². The number of fused-ring (bicyclic) bond motifs is 4. The van der Waals surface area contributed by atoms with Crippen LogP contribution in [0.15, 0.2) is 0 Å². The zero-order chi connectivity index (χ0) is 7.84. The van der Waals surface area contributed by atoms with E-state index in [0.717, 1.165) is 12.8 Å². The van der Waals surface area contributed by atoms with E-state index in [1.807, 2.05) is 0 Å². The van der Waals surface area contributed by atoms with Gasteiger partial charge in [0.05, 0.1) is 6.42 Å². The molecule has 2 bridgehead atoms. The van der Waals surface area contributed by atoms with E-state index in [-0.39, 0.29) is 18.0 Å². The van der Waals surface area contributed by atoms with Crippen LogP contribution in [0.1, 0.15) is 32.1 Å². The van der Waals surface area contributed by atoms with E-state index in [1.165, 1.54) is 0 Å². The van der Waals surface area contributed by atoms with Gasteiger partial charge in [-0.2, -0.15) is 0 Å². The Bertz CT molecular complexity index is 182. The highest BCUT2D eigenvalue weighted by Crippen LogP contribution is 2.40. The van der Waals surface area contributed by atoms with Gasteiger partial charge in [0.2, 0.25) is 0 Å². The van der Waals surface area contributed by atoms with Crippen molar-refractivity contribution < 1.29 is 9.59 Å². The van der Waals surface area contributed by atoms with Gasteiger partial charge in [-0.05, 0) is 24.7 Å². The highest BCUT2D eigenvalue weighted by Gasteiger charge is 2.34. The lowest BCUT2D eigenvalue weighted by atomic mass is 9.68. The fraction of sp³-hybridized carbons (Fsp3) is 0.778. The SMILES string of the molecule is O=C1CC(=O)CC2CC(C1)C2. The number of carbonyl (C=O) groups excluding carboxylic acids is 2. The summed E-state index contributed by atoms with van der Waals surface area (Å²) in [5.41, 5.74) is 0. The summed E-state index contributed by atoms with van der Waals surface area (Å²) in [6.07, 6.45) is 3.80. The van der Waals surface area contributed by atoms with Gasteiger partial charge >= 0.3 is 0 Å². The van der Waals surface area contributed by atoms with Gasteiger partial charge in [0.25, 0.3) is 0 Å². The molecule has 0 aromatic rings. The lowest BCUT2D eigenvalue weighted by molar-refractivity contribution is -0.131. The largest absolute Gasteiger partial charge is 0.299 e. The van der Waals surface area contributed by atoms with E-state index in [0.29, 0.717) is 24.7 Å². The second-order valence-electron chi connectivity index (χ2n) is 3.87. The van der Waals surface area contributed by atoms with Crippen LogP contribution in [0, 0.1) is 11.8 Å². The molecule has 0 aliphatic heterocycles. The molecule has 2 heteroatoms. The molecule has 0 amide bonds. The highest BCUT2D eigenvalue weighted by molar-refractivity contribution is 5.99. The summed E-state index contributed by atoms with van der Waals surface area (Å²) >= 11 is 0. The van der Waals surface area contributed by atoms with E-state index in [4.69, 9.17) is 0 Å². The van der Waals surface area contributed by atoms with Crippen molar-refractivity contribution in [1.82, 2.24) is 0 Å². The van der Waals surface area contributed by atoms with Crippen LogP contribution in [-0.2, 0) is 9.59 Å². The van der Waals surface area contributed by atoms with Gasteiger partial charge in [-0.15, -0.1) is 0 Å². The second-order valence-corrected chi connectivity index (χ2v) is 3.87. The summed E-state index contributed by atoms with van der Waals surface area (Å²) in [5, 5.41) is 0. The van der Waals surface area contributed by atoms with E-state index in [1.54, 1.807) is 0 Å². The van der Waals surface area contributed by atoms with Gasteiger partial charge in [0.1, 0.15) is 11.6 Å². The molecule has 0 spiro atoms. The maximum Gasteiger partial charge on any atom is 0.140 e. The van der Waals surface area contributed by atoms with Crippen molar-refractivity contribution >= 4 is 11.6 Å². The minimum Gasteiger partial charge on any atom is -0.299 e. The maximum absolute atomic E-state index is 11.1. The average Bonchev–Trinajstić information content (AvgIpc) is 1.77. The molecule has 3 aliphatic rings. The van der Waals surface area contributed by atoms with Crippen molar-refractivity contribution in [3.05, 3.63) is 0 Å². The second kappa shape index (κ2) is 2.43.